The number of amides is 2. The molecule has 1 aliphatic rings. The van der Waals surface area contributed by atoms with Crippen LogP contribution in [0, 0.1) is 12.7 Å². The fraction of sp³-hybridized carbons (Fsp3) is 0.190. The predicted molar refractivity (Wildman–Crippen MR) is 115 cm³/mol. The normalized spacial score (nSPS) is 15.4. The van der Waals surface area contributed by atoms with E-state index in [9.17, 15) is 14.0 Å². The van der Waals surface area contributed by atoms with Gasteiger partial charge >= 0.3 is 0 Å². The first-order valence-corrected chi connectivity index (χ1v) is 10.0. The number of hydrogen-bond acceptors (Lipinski definition) is 4. The molecule has 0 aromatic heterocycles. The summed E-state index contributed by atoms with van der Waals surface area (Å²) >= 11 is 6.42. The molecule has 28 heavy (non-hydrogen) atoms. The number of hydrogen-bond donors (Lipinski definition) is 1. The molecule has 0 atom stereocenters. The van der Waals surface area contributed by atoms with Crippen LogP contribution in [0.15, 0.2) is 53.4 Å². The molecule has 0 unspecified atom stereocenters. The van der Waals surface area contributed by atoms with Crippen molar-refractivity contribution in [2.24, 2.45) is 0 Å². The molecule has 1 heterocycles. The summed E-state index contributed by atoms with van der Waals surface area (Å²) in [5.74, 6) is -0.756. The third-order valence-electron chi connectivity index (χ3n) is 4.19. The number of aryl methyl sites for hydroxylation is 1. The van der Waals surface area contributed by atoms with E-state index in [1.165, 1.54) is 17.0 Å². The Morgan fingerprint density at radius 1 is 1.21 bits per heavy atom. The SMILES string of the molecule is Cc1ccc(NC(=O)CCCN2C(=O)/C(=C/c3ccccc3F)SC2=S)cc1. The van der Waals surface area contributed by atoms with Gasteiger partial charge in [0.1, 0.15) is 10.1 Å². The standard InChI is InChI=1S/C21H19FN2O2S2/c1-14-8-10-16(11-9-14)23-19(25)7-4-12-24-20(26)18(28-21(24)27)13-15-5-2-3-6-17(15)22/h2-3,5-6,8-11,13H,4,7,12H2,1H3,(H,23,25)/b18-13-. The molecule has 7 heteroatoms. The molecule has 3 rings (SSSR count). The summed E-state index contributed by atoms with van der Waals surface area (Å²) in [5, 5.41) is 2.83. The molecule has 1 fully saturated rings. The fourth-order valence-electron chi connectivity index (χ4n) is 2.68. The Morgan fingerprint density at radius 3 is 2.64 bits per heavy atom. The van der Waals surface area contributed by atoms with E-state index in [0.717, 1.165) is 23.0 Å². The van der Waals surface area contributed by atoms with Gasteiger partial charge in [0.15, 0.2) is 0 Å². The molecule has 2 amide bonds. The zero-order chi connectivity index (χ0) is 20.1. The van der Waals surface area contributed by atoms with Crippen molar-refractivity contribution in [2.75, 3.05) is 11.9 Å². The predicted octanol–water partition coefficient (Wildman–Crippen LogP) is 4.75. The number of anilines is 1. The maximum absolute atomic E-state index is 13.8. The molecule has 0 aliphatic carbocycles. The first-order chi connectivity index (χ1) is 13.4. The second-order valence-electron chi connectivity index (χ2n) is 6.37. The largest absolute Gasteiger partial charge is 0.326 e. The second kappa shape index (κ2) is 9.12. The van der Waals surface area contributed by atoms with Crippen LogP contribution < -0.4 is 5.32 Å². The minimum Gasteiger partial charge on any atom is -0.326 e. The van der Waals surface area contributed by atoms with Gasteiger partial charge in [0.25, 0.3) is 5.91 Å². The van der Waals surface area contributed by atoms with Crippen molar-refractivity contribution in [3.63, 3.8) is 0 Å². The summed E-state index contributed by atoms with van der Waals surface area (Å²) in [5.41, 5.74) is 2.21. The van der Waals surface area contributed by atoms with Crippen molar-refractivity contribution in [1.29, 1.82) is 0 Å². The third kappa shape index (κ3) is 5.05. The summed E-state index contributed by atoms with van der Waals surface area (Å²) in [6, 6.07) is 13.8. The van der Waals surface area contributed by atoms with Crippen molar-refractivity contribution in [2.45, 2.75) is 19.8 Å². The van der Waals surface area contributed by atoms with Crippen LogP contribution in [-0.4, -0.2) is 27.6 Å². The fourth-order valence-corrected chi connectivity index (χ4v) is 3.98. The molecular weight excluding hydrogens is 395 g/mol. The lowest BCUT2D eigenvalue weighted by Gasteiger charge is -2.14. The summed E-state index contributed by atoms with van der Waals surface area (Å²) in [6.45, 7) is 2.33. The Labute approximate surface area is 172 Å². The molecule has 2 aromatic rings. The number of carbonyl (C=O) groups excluding carboxylic acids is 2. The molecule has 1 N–H and O–H groups in total. The smallest absolute Gasteiger partial charge is 0.266 e. The summed E-state index contributed by atoms with van der Waals surface area (Å²) in [6.07, 6.45) is 2.27. The maximum Gasteiger partial charge on any atom is 0.266 e. The lowest BCUT2D eigenvalue weighted by Crippen LogP contribution is -2.29. The van der Waals surface area contributed by atoms with E-state index < -0.39 is 0 Å². The Hall–Kier alpha value is -2.51. The van der Waals surface area contributed by atoms with Crippen molar-refractivity contribution >= 4 is 51.9 Å². The van der Waals surface area contributed by atoms with Gasteiger partial charge in [-0.3, -0.25) is 14.5 Å². The average Bonchev–Trinajstić information content (AvgIpc) is 2.93. The van der Waals surface area contributed by atoms with Gasteiger partial charge in [-0.15, -0.1) is 0 Å². The first-order valence-electron chi connectivity index (χ1n) is 8.80. The molecule has 4 nitrogen and oxygen atoms in total. The van der Waals surface area contributed by atoms with Crippen LogP contribution in [-0.2, 0) is 9.59 Å². The number of benzene rings is 2. The number of rotatable bonds is 6. The first kappa shape index (κ1) is 20.2. The minimum atomic E-state index is -0.388. The Balaban J connectivity index is 1.54. The number of nitrogens with one attached hydrogen (secondary N) is 1. The Morgan fingerprint density at radius 2 is 1.93 bits per heavy atom. The monoisotopic (exact) mass is 414 g/mol. The van der Waals surface area contributed by atoms with E-state index in [1.54, 1.807) is 18.2 Å². The van der Waals surface area contributed by atoms with Crippen LogP contribution in [0.3, 0.4) is 0 Å². The van der Waals surface area contributed by atoms with E-state index in [1.807, 2.05) is 31.2 Å². The molecule has 1 saturated heterocycles. The van der Waals surface area contributed by atoms with Crippen LogP contribution in [0.4, 0.5) is 10.1 Å². The quantitative estimate of drug-likeness (QED) is 0.547. The number of halogens is 1. The van der Waals surface area contributed by atoms with Gasteiger partial charge < -0.3 is 5.32 Å². The number of nitrogens with zero attached hydrogens (tertiary/aromatic N) is 1. The van der Waals surface area contributed by atoms with E-state index >= 15 is 0 Å². The Kier molecular flexibility index (Phi) is 6.59. The maximum atomic E-state index is 13.8. The van der Waals surface area contributed by atoms with Gasteiger partial charge in [-0.05, 0) is 37.6 Å². The summed E-state index contributed by atoms with van der Waals surface area (Å²) in [4.78, 5) is 26.5. The minimum absolute atomic E-state index is 0.115. The van der Waals surface area contributed by atoms with Crippen molar-refractivity contribution in [3.8, 4) is 0 Å². The third-order valence-corrected chi connectivity index (χ3v) is 5.56. The number of carbonyl (C=O) groups is 2. The molecule has 0 spiro atoms. The molecule has 0 radical (unpaired) electrons. The molecule has 1 aliphatic heterocycles. The van der Waals surface area contributed by atoms with Crippen LogP contribution in [0.1, 0.15) is 24.0 Å². The highest BCUT2D eigenvalue weighted by atomic mass is 32.2. The highest BCUT2D eigenvalue weighted by molar-refractivity contribution is 8.26. The van der Waals surface area contributed by atoms with Crippen LogP contribution in [0.2, 0.25) is 0 Å². The van der Waals surface area contributed by atoms with E-state index in [-0.39, 0.29) is 24.1 Å². The Bertz CT molecular complexity index is 942. The van der Waals surface area contributed by atoms with Crippen LogP contribution in [0.5, 0.6) is 0 Å². The molecule has 2 aromatic carbocycles. The lowest BCUT2D eigenvalue weighted by molar-refractivity contribution is -0.122. The van der Waals surface area contributed by atoms with E-state index in [0.29, 0.717) is 27.8 Å². The highest BCUT2D eigenvalue weighted by Gasteiger charge is 2.31. The lowest BCUT2D eigenvalue weighted by atomic mass is 10.2. The summed E-state index contributed by atoms with van der Waals surface area (Å²) in [7, 11) is 0. The zero-order valence-corrected chi connectivity index (χ0v) is 16.9. The molecular formula is C21H19FN2O2S2. The molecule has 144 valence electrons. The van der Waals surface area contributed by atoms with Crippen LogP contribution in [0.25, 0.3) is 6.08 Å². The highest BCUT2D eigenvalue weighted by Crippen LogP contribution is 2.33. The average molecular weight is 415 g/mol. The van der Waals surface area contributed by atoms with Gasteiger partial charge in [-0.25, -0.2) is 4.39 Å². The molecule has 0 bridgehead atoms. The van der Waals surface area contributed by atoms with Crippen molar-refractivity contribution < 1.29 is 14.0 Å². The van der Waals surface area contributed by atoms with Gasteiger partial charge in [0, 0.05) is 24.2 Å². The van der Waals surface area contributed by atoms with E-state index in [2.05, 4.69) is 5.32 Å². The van der Waals surface area contributed by atoms with Gasteiger partial charge in [-0.1, -0.05) is 59.9 Å². The van der Waals surface area contributed by atoms with E-state index in [4.69, 9.17) is 12.2 Å². The summed E-state index contributed by atoms with van der Waals surface area (Å²) < 4.78 is 14.2. The number of thioether (sulfide) groups is 1. The van der Waals surface area contributed by atoms with Gasteiger partial charge in [0.2, 0.25) is 5.91 Å². The number of thiocarbonyl (C=S) groups is 1. The van der Waals surface area contributed by atoms with Gasteiger partial charge in [-0.2, -0.15) is 0 Å². The zero-order valence-electron chi connectivity index (χ0n) is 15.3. The van der Waals surface area contributed by atoms with Crippen molar-refractivity contribution in [3.05, 3.63) is 70.4 Å². The molecule has 0 saturated carbocycles. The van der Waals surface area contributed by atoms with Crippen LogP contribution >= 0.6 is 24.0 Å². The second-order valence-corrected chi connectivity index (χ2v) is 8.05. The topological polar surface area (TPSA) is 49.4 Å². The van der Waals surface area contributed by atoms with Gasteiger partial charge in [0.05, 0.1) is 4.91 Å². The van der Waals surface area contributed by atoms with Crippen molar-refractivity contribution in [1.82, 2.24) is 4.90 Å².